The number of carbonyl (C=O) groups is 2. The quantitative estimate of drug-likeness (QED) is 0.807. The van der Waals surface area contributed by atoms with E-state index in [2.05, 4.69) is 0 Å². The summed E-state index contributed by atoms with van der Waals surface area (Å²) in [5, 5.41) is 18.4. The van der Waals surface area contributed by atoms with Crippen molar-refractivity contribution in [2.75, 3.05) is 0 Å². The highest BCUT2D eigenvalue weighted by molar-refractivity contribution is 5.91. The number of aliphatic carboxylic acids is 2. The summed E-state index contributed by atoms with van der Waals surface area (Å²) in [4.78, 5) is 22.5. The lowest BCUT2D eigenvalue weighted by Crippen LogP contribution is -2.39. The third-order valence-corrected chi connectivity index (χ3v) is 4.20. The van der Waals surface area contributed by atoms with Crippen molar-refractivity contribution in [3.8, 4) is 0 Å². The molecule has 2 aliphatic rings. The van der Waals surface area contributed by atoms with Gasteiger partial charge in [-0.2, -0.15) is 0 Å². The Morgan fingerprint density at radius 3 is 2.28 bits per heavy atom. The highest BCUT2D eigenvalue weighted by Gasteiger charge is 2.44. The predicted molar refractivity (Wildman–Crippen MR) is 66.1 cm³/mol. The number of hydrogen-bond donors (Lipinski definition) is 2. The molecule has 1 saturated carbocycles. The van der Waals surface area contributed by atoms with E-state index in [1.807, 2.05) is 0 Å². The molecule has 1 fully saturated rings. The van der Waals surface area contributed by atoms with Gasteiger partial charge in [-0.05, 0) is 25.2 Å². The van der Waals surface area contributed by atoms with Gasteiger partial charge in [-0.15, -0.1) is 0 Å². The predicted octanol–water partition coefficient (Wildman–Crippen LogP) is 2.61. The van der Waals surface area contributed by atoms with Gasteiger partial charge in [0.1, 0.15) is 0 Å². The minimum absolute atomic E-state index is 0.131. The summed E-state index contributed by atoms with van der Waals surface area (Å²) in [6, 6.07) is 0. The molecule has 0 amide bonds. The molecule has 2 rings (SSSR count). The van der Waals surface area contributed by atoms with Crippen LogP contribution in [-0.2, 0) is 9.59 Å². The standard InChI is InChI=1S/C14H18O4/c15-12(16)10-6-8-14(9-7-10,13(17)18)11-4-2-1-3-5-11/h6-8,11H,1-5,9H2,(H,15,16)(H,17,18). The van der Waals surface area contributed by atoms with Gasteiger partial charge in [0.25, 0.3) is 0 Å². The fraction of sp³-hybridized carbons (Fsp3) is 0.571. The molecule has 0 saturated heterocycles. The highest BCUT2D eigenvalue weighted by atomic mass is 16.4. The molecule has 18 heavy (non-hydrogen) atoms. The Bertz CT molecular complexity index is 416. The maximum atomic E-state index is 11.6. The lowest BCUT2D eigenvalue weighted by atomic mass is 9.65. The van der Waals surface area contributed by atoms with Gasteiger partial charge < -0.3 is 10.2 Å². The molecule has 4 heteroatoms. The Morgan fingerprint density at radius 2 is 1.83 bits per heavy atom. The van der Waals surface area contributed by atoms with Crippen LogP contribution in [0.2, 0.25) is 0 Å². The molecular weight excluding hydrogens is 232 g/mol. The van der Waals surface area contributed by atoms with Crippen molar-refractivity contribution in [2.24, 2.45) is 11.3 Å². The first kappa shape index (κ1) is 12.9. The average molecular weight is 250 g/mol. The van der Waals surface area contributed by atoms with E-state index in [-0.39, 0.29) is 11.5 Å². The van der Waals surface area contributed by atoms with E-state index in [0.717, 1.165) is 25.7 Å². The first-order valence-corrected chi connectivity index (χ1v) is 6.42. The van der Waals surface area contributed by atoms with Crippen LogP contribution in [-0.4, -0.2) is 22.2 Å². The Morgan fingerprint density at radius 1 is 1.17 bits per heavy atom. The molecule has 4 nitrogen and oxygen atoms in total. The normalized spacial score (nSPS) is 28.8. The van der Waals surface area contributed by atoms with Gasteiger partial charge in [-0.1, -0.05) is 37.5 Å². The van der Waals surface area contributed by atoms with Crippen molar-refractivity contribution < 1.29 is 19.8 Å². The smallest absolute Gasteiger partial charge is 0.335 e. The van der Waals surface area contributed by atoms with Gasteiger partial charge in [0, 0.05) is 0 Å². The molecule has 0 heterocycles. The number of carboxylic acid groups (broad SMARTS) is 2. The van der Waals surface area contributed by atoms with Gasteiger partial charge in [0.15, 0.2) is 0 Å². The topological polar surface area (TPSA) is 74.6 Å². The van der Waals surface area contributed by atoms with Crippen molar-refractivity contribution >= 4 is 11.9 Å². The first-order valence-electron chi connectivity index (χ1n) is 6.42. The zero-order valence-corrected chi connectivity index (χ0v) is 10.3. The molecule has 98 valence electrons. The summed E-state index contributed by atoms with van der Waals surface area (Å²) < 4.78 is 0. The van der Waals surface area contributed by atoms with Crippen LogP contribution >= 0.6 is 0 Å². The molecule has 0 bridgehead atoms. The van der Waals surface area contributed by atoms with E-state index < -0.39 is 17.4 Å². The Balaban J connectivity index is 2.23. The fourth-order valence-corrected chi connectivity index (χ4v) is 3.07. The molecule has 0 aromatic heterocycles. The van der Waals surface area contributed by atoms with Crippen LogP contribution < -0.4 is 0 Å². The minimum atomic E-state index is -0.992. The van der Waals surface area contributed by atoms with E-state index in [9.17, 15) is 14.7 Å². The van der Waals surface area contributed by atoms with Gasteiger partial charge >= 0.3 is 11.9 Å². The number of hydrogen-bond acceptors (Lipinski definition) is 2. The summed E-state index contributed by atoms with van der Waals surface area (Å²) >= 11 is 0. The van der Waals surface area contributed by atoms with E-state index in [1.165, 1.54) is 12.5 Å². The lowest BCUT2D eigenvalue weighted by Gasteiger charge is -2.38. The van der Waals surface area contributed by atoms with Crippen LogP contribution in [0.25, 0.3) is 0 Å². The van der Waals surface area contributed by atoms with E-state index in [4.69, 9.17) is 5.11 Å². The Labute approximate surface area is 106 Å². The summed E-state index contributed by atoms with van der Waals surface area (Å²) in [6.45, 7) is 0. The van der Waals surface area contributed by atoms with Crippen LogP contribution in [0, 0.1) is 11.3 Å². The number of carboxylic acids is 2. The molecule has 2 N–H and O–H groups in total. The number of allylic oxidation sites excluding steroid dienone is 1. The van der Waals surface area contributed by atoms with Crippen molar-refractivity contribution in [3.05, 3.63) is 23.8 Å². The molecule has 0 spiro atoms. The van der Waals surface area contributed by atoms with Crippen LogP contribution in [0.4, 0.5) is 0 Å². The molecule has 0 radical (unpaired) electrons. The SMILES string of the molecule is O=C(O)C1=CCC(C(=O)O)(C2CCCCC2)C=C1. The van der Waals surface area contributed by atoms with Crippen LogP contribution in [0.3, 0.4) is 0 Å². The van der Waals surface area contributed by atoms with Crippen LogP contribution in [0.15, 0.2) is 23.8 Å². The molecule has 1 atom stereocenters. The van der Waals surface area contributed by atoms with Gasteiger partial charge in [-0.25, -0.2) is 4.79 Å². The highest BCUT2D eigenvalue weighted by Crippen LogP contribution is 2.44. The van der Waals surface area contributed by atoms with E-state index in [0.29, 0.717) is 6.42 Å². The second-order valence-electron chi connectivity index (χ2n) is 5.18. The summed E-state index contributed by atoms with van der Waals surface area (Å²) in [7, 11) is 0. The monoisotopic (exact) mass is 250 g/mol. The van der Waals surface area contributed by atoms with Gasteiger partial charge in [0.2, 0.25) is 0 Å². The summed E-state index contributed by atoms with van der Waals surface area (Å²) in [6.07, 6.45) is 10.1. The first-order chi connectivity index (χ1) is 8.56. The van der Waals surface area contributed by atoms with Crippen molar-refractivity contribution in [2.45, 2.75) is 38.5 Å². The van der Waals surface area contributed by atoms with Gasteiger partial charge in [-0.3, -0.25) is 4.79 Å². The van der Waals surface area contributed by atoms with E-state index in [1.54, 1.807) is 12.2 Å². The molecule has 2 aliphatic carbocycles. The van der Waals surface area contributed by atoms with Crippen LogP contribution in [0.1, 0.15) is 38.5 Å². The van der Waals surface area contributed by atoms with Gasteiger partial charge in [0.05, 0.1) is 11.0 Å². The second kappa shape index (κ2) is 4.96. The maximum absolute atomic E-state index is 11.6. The fourth-order valence-electron chi connectivity index (χ4n) is 3.07. The minimum Gasteiger partial charge on any atom is -0.481 e. The largest absolute Gasteiger partial charge is 0.481 e. The zero-order chi connectivity index (χ0) is 13.2. The maximum Gasteiger partial charge on any atom is 0.335 e. The average Bonchev–Trinajstić information content (AvgIpc) is 2.39. The summed E-state index contributed by atoms with van der Waals surface area (Å²) in [5.74, 6) is -1.69. The summed E-state index contributed by atoms with van der Waals surface area (Å²) in [5.41, 5.74) is -0.693. The zero-order valence-electron chi connectivity index (χ0n) is 10.3. The molecule has 0 aliphatic heterocycles. The third-order valence-electron chi connectivity index (χ3n) is 4.20. The van der Waals surface area contributed by atoms with Crippen molar-refractivity contribution in [3.63, 3.8) is 0 Å². The van der Waals surface area contributed by atoms with E-state index >= 15 is 0 Å². The number of rotatable bonds is 3. The Kier molecular flexibility index (Phi) is 3.55. The molecular formula is C14H18O4. The third kappa shape index (κ3) is 2.19. The molecule has 1 unspecified atom stereocenters. The lowest BCUT2D eigenvalue weighted by molar-refractivity contribution is -0.149. The molecule has 0 aromatic rings. The van der Waals surface area contributed by atoms with Crippen LogP contribution in [0.5, 0.6) is 0 Å². The molecule has 0 aromatic carbocycles. The van der Waals surface area contributed by atoms with Crippen molar-refractivity contribution in [1.82, 2.24) is 0 Å². The van der Waals surface area contributed by atoms with Crippen molar-refractivity contribution in [1.29, 1.82) is 0 Å². The second-order valence-corrected chi connectivity index (χ2v) is 5.18. The Hall–Kier alpha value is -1.58.